The highest BCUT2D eigenvalue weighted by atomic mass is 127. The van der Waals surface area contributed by atoms with Crippen LogP contribution in [0.2, 0.25) is 0 Å². The molecule has 1 aliphatic rings. The second-order valence-corrected chi connectivity index (χ2v) is 9.25. The SMILES string of the molecule is CN=C(NCCS(=O)(=O)c1ccccc1)NCc1ccccc1CN1CCOCC1.I. The lowest BCUT2D eigenvalue weighted by atomic mass is 10.1. The molecule has 1 saturated heterocycles. The Morgan fingerprint density at radius 1 is 1.00 bits per heavy atom. The van der Waals surface area contributed by atoms with Crippen molar-refractivity contribution in [1.29, 1.82) is 0 Å². The van der Waals surface area contributed by atoms with Crippen molar-refractivity contribution in [2.45, 2.75) is 18.0 Å². The van der Waals surface area contributed by atoms with Crippen LogP contribution in [0.1, 0.15) is 11.1 Å². The van der Waals surface area contributed by atoms with Gasteiger partial charge < -0.3 is 15.4 Å². The van der Waals surface area contributed by atoms with Gasteiger partial charge in [0.1, 0.15) is 0 Å². The van der Waals surface area contributed by atoms with Crippen LogP contribution in [0, 0.1) is 0 Å². The second kappa shape index (κ2) is 13.0. The van der Waals surface area contributed by atoms with Crippen molar-refractivity contribution in [3.05, 3.63) is 65.7 Å². The predicted molar refractivity (Wildman–Crippen MR) is 135 cm³/mol. The normalized spacial score (nSPS) is 15.2. The van der Waals surface area contributed by atoms with Crippen LogP contribution in [0.4, 0.5) is 0 Å². The maximum Gasteiger partial charge on any atom is 0.191 e. The molecule has 1 fully saturated rings. The first-order valence-electron chi connectivity index (χ1n) is 10.2. The molecule has 0 bridgehead atoms. The Hall–Kier alpha value is -1.69. The molecule has 0 unspecified atom stereocenters. The molecule has 0 atom stereocenters. The number of morpholine rings is 1. The molecule has 31 heavy (non-hydrogen) atoms. The summed E-state index contributed by atoms with van der Waals surface area (Å²) in [5.41, 5.74) is 2.47. The quantitative estimate of drug-likeness (QED) is 0.294. The molecular weight excluding hydrogens is 527 g/mol. The van der Waals surface area contributed by atoms with Gasteiger partial charge in [-0.05, 0) is 23.3 Å². The van der Waals surface area contributed by atoms with E-state index in [-0.39, 0.29) is 36.3 Å². The molecule has 0 saturated carbocycles. The number of aliphatic imine (C=N–C) groups is 1. The van der Waals surface area contributed by atoms with Crippen LogP contribution in [0.25, 0.3) is 0 Å². The summed E-state index contributed by atoms with van der Waals surface area (Å²) < 4.78 is 30.2. The van der Waals surface area contributed by atoms with E-state index < -0.39 is 9.84 Å². The van der Waals surface area contributed by atoms with Crippen LogP contribution >= 0.6 is 24.0 Å². The number of nitrogens with zero attached hydrogens (tertiary/aromatic N) is 2. The van der Waals surface area contributed by atoms with Gasteiger partial charge in [0.15, 0.2) is 15.8 Å². The van der Waals surface area contributed by atoms with Crippen LogP contribution in [-0.2, 0) is 27.7 Å². The maximum atomic E-state index is 12.4. The van der Waals surface area contributed by atoms with Crippen molar-refractivity contribution >= 4 is 39.8 Å². The summed E-state index contributed by atoms with van der Waals surface area (Å²) in [4.78, 5) is 6.95. The highest BCUT2D eigenvalue weighted by Crippen LogP contribution is 2.13. The average molecular weight is 558 g/mol. The van der Waals surface area contributed by atoms with Gasteiger partial charge in [-0.2, -0.15) is 0 Å². The van der Waals surface area contributed by atoms with Crippen LogP contribution in [-0.4, -0.2) is 64.9 Å². The van der Waals surface area contributed by atoms with Gasteiger partial charge >= 0.3 is 0 Å². The molecule has 0 aliphatic carbocycles. The largest absolute Gasteiger partial charge is 0.379 e. The predicted octanol–water partition coefficient (Wildman–Crippen LogP) is 2.28. The molecule has 0 aromatic heterocycles. The Kier molecular flexibility index (Phi) is 10.7. The van der Waals surface area contributed by atoms with Crippen LogP contribution < -0.4 is 10.6 Å². The summed E-state index contributed by atoms with van der Waals surface area (Å²) in [6.07, 6.45) is 0. The van der Waals surface area contributed by atoms with E-state index in [2.05, 4.69) is 38.7 Å². The minimum Gasteiger partial charge on any atom is -0.379 e. The van der Waals surface area contributed by atoms with E-state index in [1.807, 2.05) is 6.07 Å². The van der Waals surface area contributed by atoms with Crippen molar-refractivity contribution in [3.8, 4) is 0 Å². The van der Waals surface area contributed by atoms with Crippen LogP contribution in [0.3, 0.4) is 0 Å². The summed E-state index contributed by atoms with van der Waals surface area (Å²) in [6.45, 7) is 5.24. The third-order valence-corrected chi connectivity index (χ3v) is 6.78. The Morgan fingerprint density at radius 2 is 1.65 bits per heavy atom. The lowest BCUT2D eigenvalue weighted by molar-refractivity contribution is 0.0341. The monoisotopic (exact) mass is 558 g/mol. The average Bonchev–Trinajstić information content (AvgIpc) is 2.78. The zero-order chi connectivity index (χ0) is 21.2. The summed E-state index contributed by atoms with van der Waals surface area (Å²) in [7, 11) is -1.63. The molecule has 0 radical (unpaired) electrons. The zero-order valence-electron chi connectivity index (χ0n) is 17.8. The fourth-order valence-electron chi connectivity index (χ4n) is 3.33. The van der Waals surface area contributed by atoms with Crippen molar-refractivity contribution in [3.63, 3.8) is 0 Å². The fourth-order valence-corrected chi connectivity index (χ4v) is 4.51. The molecule has 3 rings (SSSR count). The van der Waals surface area contributed by atoms with Gasteiger partial charge in [-0.25, -0.2) is 8.42 Å². The van der Waals surface area contributed by atoms with Crippen molar-refractivity contribution in [2.24, 2.45) is 4.99 Å². The highest BCUT2D eigenvalue weighted by Gasteiger charge is 2.14. The van der Waals surface area contributed by atoms with E-state index in [0.717, 1.165) is 32.8 Å². The molecule has 7 nitrogen and oxygen atoms in total. The number of hydrogen-bond acceptors (Lipinski definition) is 5. The number of guanidine groups is 1. The molecular formula is C22H31IN4O3S. The van der Waals surface area contributed by atoms with Gasteiger partial charge in [0.05, 0.1) is 23.9 Å². The van der Waals surface area contributed by atoms with Crippen molar-refractivity contribution in [1.82, 2.24) is 15.5 Å². The van der Waals surface area contributed by atoms with Crippen LogP contribution in [0.15, 0.2) is 64.5 Å². The Balaban J connectivity index is 0.00000341. The molecule has 170 valence electrons. The van der Waals surface area contributed by atoms with Gasteiger partial charge in [0.25, 0.3) is 0 Å². The molecule has 1 heterocycles. The molecule has 2 aromatic carbocycles. The Labute approximate surface area is 202 Å². The van der Waals surface area contributed by atoms with Gasteiger partial charge in [0, 0.05) is 39.8 Å². The smallest absolute Gasteiger partial charge is 0.191 e. The summed E-state index contributed by atoms with van der Waals surface area (Å²) in [6, 6.07) is 16.8. The van der Waals surface area contributed by atoms with Crippen molar-refractivity contribution < 1.29 is 13.2 Å². The number of halogens is 1. The number of benzene rings is 2. The first kappa shape index (κ1) is 25.6. The zero-order valence-corrected chi connectivity index (χ0v) is 20.9. The molecule has 9 heteroatoms. The van der Waals surface area contributed by atoms with Gasteiger partial charge in [-0.15, -0.1) is 24.0 Å². The lowest BCUT2D eigenvalue weighted by Crippen LogP contribution is -2.39. The number of ether oxygens (including phenoxy) is 1. The third-order valence-electron chi connectivity index (χ3n) is 5.05. The first-order valence-corrected chi connectivity index (χ1v) is 11.8. The molecule has 0 amide bonds. The molecule has 2 aromatic rings. The minimum atomic E-state index is -3.32. The highest BCUT2D eigenvalue weighted by molar-refractivity contribution is 14.0. The number of hydrogen-bond donors (Lipinski definition) is 2. The van der Waals surface area contributed by atoms with E-state index in [9.17, 15) is 8.42 Å². The maximum absolute atomic E-state index is 12.4. The summed E-state index contributed by atoms with van der Waals surface area (Å²) >= 11 is 0. The van der Waals surface area contributed by atoms with Gasteiger partial charge in [-0.1, -0.05) is 42.5 Å². The van der Waals surface area contributed by atoms with Crippen molar-refractivity contribution in [2.75, 3.05) is 45.6 Å². The molecule has 1 aliphatic heterocycles. The Bertz CT molecular complexity index is 933. The number of sulfone groups is 1. The topological polar surface area (TPSA) is 83.0 Å². The van der Waals surface area contributed by atoms with E-state index in [1.165, 1.54) is 11.1 Å². The number of nitrogens with one attached hydrogen (secondary N) is 2. The number of rotatable bonds is 8. The molecule has 2 N–H and O–H groups in total. The lowest BCUT2D eigenvalue weighted by Gasteiger charge is -2.27. The minimum absolute atomic E-state index is 0. The third kappa shape index (κ3) is 8.06. The van der Waals surface area contributed by atoms with E-state index in [1.54, 1.807) is 37.4 Å². The fraction of sp³-hybridized carbons (Fsp3) is 0.409. The van der Waals surface area contributed by atoms with Gasteiger partial charge in [-0.3, -0.25) is 9.89 Å². The Morgan fingerprint density at radius 3 is 2.32 bits per heavy atom. The second-order valence-electron chi connectivity index (χ2n) is 7.14. The summed E-state index contributed by atoms with van der Waals surface area (Å²) in [5.74, 6) is 0.588. The van der Waals surface area contributed by atoms with E-state index >= 15 is 0 Å². The van der Waals surface area contributed by atoms with E-state index in [0.29, 0.717) is 17.4 Å². The standard InChI is InChI=1S/C22H30N4O3S.HI/c1-23-22(24-11-16-30(27,28)21-9-3-2-4-10-21)25-17-19-7-5-6-8-20(19)18-26-12-14-29-15-13-26;/h2-10H,11-18H2,1H3,(H2,23,24,25);1H. The van der Waals surface area contributed by atoms with E-state index in [4.69, 9.17) is 4.74 Å². The van der Waals surface area contributed by atoms with Crippen LogP contribution in [0.5, 0.6) is 0 Å². The molecule has 0 spiro atoms. The first-order chi connectivity index (χ1) is 14.6. The van der Waals surface area contributed by atoms with Gasteiger partial charge in [0.2, 0.25) is 0 Å². The summed E-state index contributed by atoms with van der Waals surface area (Å²) in [5, 5.41) is 6.39.